The normalized spacial score (nSPS) is 12.2. The van der Waals surface area contributed by atoms with Gasteiger partial charge in [0.15, 0.2) is 0 Å². The summed E-state index contributed by atoms with van der Waals surface area (Å²) in [4.78, 5) is 0. The van der Waals surface area contributed by atoms with Crippen molar-refractivity contribution >= 4 is 0 Å². The summed E-state index contributed by atoms with van der Waals surface area (Å²) in [5.41, 5.74) is 1.56. The standard InChI is InChI=1S/C17H19FO2/c1-13(19)16-10-9-15(12-17(16)18)20-11-5-8-14-6-3-2-4-7-14/h2-4,6-7,9-10,12-13,19H,5,8,11H2,1H3/t13-/m0/s1. The van der Waals surface area contributed by atoms with E-state index in [1.807, 2.05) is 18.2 Å². The van der Waals surface area contributed by atoms with Gasteiger partial charge in [0.05, 0.1) is 12.7 Å². The summed E-state index contributed by atoms with van der Waals surface area (Å²) in [5.74, 6) is 0.0699. The Labute approximate surface area is 118 Å². The smallest absolute Gasteiger partial charge is 0.132 e. The van der Waals surface area contributed by atoms with Gasteiger partial charge in [-0.05, 0) is 37.5 Å². The van der Waals surface area contributed by atoms with Crippen molar-refractivity contribution in [3.05, 3.63) is 65.5 Å². The van der Waals surface area contributed by atoms with Gasteiger partial charge in [-0.3, -0.25) is 0 Å². The van der Waals surface area contributed by atoms with Crippen LogP contribution in [0.15, 0.2) is 48.5 Å². The average molecular weight is 274 g/mol. The van der Waals surface area contributed by atoms with Crippen molar-refractivity contribution in [3.8, 4) is 5.75 Å². The molecule has 106 valence electrons. The first kappa shape index (κ1) is 14.5. The number of aliphatic hydroxyl groups is 1. The molecule has 2 nitrogen and oxygen atoms in total. The second-order valence-corrected chi connectivity index (χ2v) is 4.80. The molecule has 0 aliphatic carbocycles. The first-order valence-corrected chi connectivity index (χ1v) is 6.81. The molecule has 3 heteroatoms. The van der Waals surface area contributed by atoms with Crippen molar-refractivity contribution < 1.29 is 14.2 Å². The quantitative estimate of drug-likeness (QED) is 0.810. The predicted octanol–water partition coefficient (Wildman–Crippen LogP) is 3.89. The first-order chi connectivity index (χ1) is 9.66. The lowest BCUT2D eigenvalue weighted by molar-refractivity contribution is 0.194. The predicted molar refractivity (Wildman–Crippen MR) is 77.3 cm³/mol. The van der Waals surface area contributed by atoms with Crippen LogP contribution in [0.25, 0.3) is 0 Å². The number of halogens is 1. The zero-order valence-corrected chi connectivity index (χ0v) is 11.6. The third-order valence-corrected chi connectivity index (χ3v) is 3.14. The molecular formula is C17H19FO2. The Balaban J connectivity index is 1.81. The molecule has 0 aliphatic rings. The Kier molecular flexibility index (Phi) is 5.13. The van der Waals surface area contributed by atoms with E-state index in [2.05, 4.69) is 12.1 Å². The maximum atomic E-state index is 13.6. The summed E-state index contributed by atoms with van der Waals surface area (Å²) in [5, 5.41) is 9.35. The van der Waals surface area contributed by atoms with E-state index in [0.29, 0.717) is 17.9 Å². The summed E-state index contributed by atoms with van der Waals surface area (Å²) in [6.07, 6.45) is 1.01. The van der Waals surface area contributed by atoms with Crippen LogP contribution in [0.5, 0.6) is 5.75 Å². The summed E-state index contributed by atoms with van der Waals surface area (Å²) < 4.78 is 19.2. The molecule has 0 aliphatic heterocycles. The van der Waals surface area contributed by atoms with Crippen LogP contribution < -0.4 is 4.74 Å². The van der Waals surface area contributed by atoms with Crippen molar-refractivity contribution in [1.29, 1.82) is 0 Å². The Morgan fingerprint density at radius 1 is 1.15 bits per heavy atom. The van der Waals surface area contributed by atoms with E-state index in [1.54, 1.807) is 19.1 Å². The van der Waals surface area contributed by atoms with E-state index in [9.17, 15) is 9.50 Å². The second-order valence-electron chi connectivity index (χ2n) is 4.80. The number of benzene rings is 2. The fourth-order valence-corrected chi connectivity index (χ4v) is 2.05. The molecule has 0 unspecified atom stereocenters. The van der Waals surface area contributed by atoms with E-state index in [-0.39, 0.29) is 0 Å². The minimum atomic E-state index is -0.804. The molecular weight excluding hydrogens is 255 g/mol. The number of aliphatic hydroxyl groups excluding tert-OH is 1. The highest BCUT2D eigenvalue weighted by Gasteiger charge is 2.08. The molecule has 0 amide bonds. The van der Waals surface area contributed by atoms with Gasteiger partial charge in [0.2, 0.25) is 0 Å². The molecule has 0 heterocycles. The Hall–Kier alpha value is -1.87. The summed E-state index contributed by atoms with van der Waals surface area (Å²) >= 11 is 0. The third-order valence-electron chi connectivity index (χ3n) is 3.14. The van der Waals surface area contributed by atoms with Gasteiger partial charge in [0.25, 0.3) is 0 Å². The lowest BCUT2D eigenvalue weighted by atomic mass is 10.1. The van der Waals surface area contributed by atoms with Crippen molar-refractivity contribution in [3.63, 3.8) is 0 Å². The Bertz CT molecular complexity index is 538. The molecule has 20 heavy (non-hydrogen) atoms. The Morgan fingerprint density at radius 3 is 2.55 bits per heavy atom. The van der Waals surface area contributed by atoms with Gasteiger partial charge < -0.3 is 9.84 Å². The monoisotopic (exact) mass is 274 g/mol. The first-order valence-electron chi connectivity index (χ1n) is 6.81. The lowest BCUT2D eigenvalue weighted by Gasteiger charge is -2.10. The van der Waals surface area contributed by atoms with Gasteiger partial charge in [-0.2, -0.15) is 0 Å². The molecule has 0 spiro atoms. The maximum absolute atomic E-state index is 13.6. The van der Waals surface area contributed by atoms with Crippen LogP contribution in [0, 0.1) is 5.82 Å². The molecule has 0 radical (unpaired) electrons. The Morgan fingerprint density at radius 2 is 1.90 bits per heavy atom. The van der Waals surface area contributed by atoms with E-state index in [4.69, 9.17) is 4.74 Å². The van der Waals surface area contributed by atoms with Crippen LogP contribution in [-0.2, 0) is 6.42 Å². The molecule has 2 aromatic rings. The molecule has 0 fully saturated rings. The summed E-state index contributed by atoms with van der Waals surface area (Å²) in [6.45, 7) is 2.08. The average Bonchev–Trinajstić information content (AvgIpc) is 2.44. The SMILES string of the molecule is C[C@H](O)c1ccc(OCCCc2ccccc2)cc1F. The molecule has 2 rings (SSSR count). The van der Waals surface area contributed by atoms with E-state index < -0.39 is 11.9 Å². The molecule has 0 saturated carbocycles. The van der Waals surface area contributed by atoms with Crippen LogP contribution >= 0.6 is 0 Å². The number of hydrogen-bond donors (Lipinski definition) is 1. The number of ether oxygens (including phenoxy) is 1. The van der Waals surface area contributed by atoms with Gasteiger partial charge >= 0.3 is 0 Å². The van der Waals surface area contributed by atoms with E-state index >= 15 is 0 Å². The second kappa shape index (κ2) is 7.06. The van der Waals surface area contributed by atoms with Crippen molar-refractivity contribution in [2.24, 2.45) is 0 Å². The molecule has 2 aromatic carbocycles. The zero-order chi connectivity index (χ0) is 14.4. The van der Waals surface area contributed by atoms with Crippen molar-refractivity contribution in [1.82, 2.24) is 0 Å². The van der Waals surface area contributed by atoms with Crippen LogP contribution in [0.2, 0.25) is 0 Å². The maximum Gasteiger partial charge on any atom is 0.132 e. The molecule has 1 N–H and O–H groups in total. The van der Waals surface area contributed by atoms with Crippen LogP contribution in [-0.4, -0.2) is 11.7 Å². The third kappa shape index (κ3) is 4.07. The number of rotatable bonds is 6. The van der Waals surface area contributed by atoms with E-state index in [1.165, 1.54) is 11.6 Å². The minimum absolute atomic E-state index is 0.293. The van der Waals surface area contributed by atoms with Gasteiger partial charge in [-0.1, -0.05) is 30.3 Å². The number of aryl methyl sites for hydroxylation is 1. The van der Waals surface area contributed by atoms with Gasteiger partial charge in [0, 0.05) is 11.6 Å². The topological polar surface area (TPSA) is 29.5 Å². The van der Waals surface area contributed by atoms with Crippen LogP contribution in [0.4, 0.5) is 4.39 Å². The highest BCUT2D eigenvalue weighted by atomic mass is 19.1. The largest absolute Gasteiger partial charge is 0.493 e. The molecule has 1 atom stereocenters. The minimum Gasteiger partial charge on any atom is -0.493 e. The lowest BCUT2D eigenvalue weighted by Crippen LogP contribution is -2.01. The van der Waals surface area contributed by atoms with Gasteiger partial charge in [0.1, 0.15) is 11.6 Å². The highest BCUT2D eigenvalue weighted by molar-refractivity contribution is 5.30. The van der Waals surface area contributed by atoms with Gasteiger partial charge in [-0.25, -0.2) is 4.39 Å². The van der Waals surface area contributed by atoms with Crippen molar-refractivity contribution in [2.45, 2.75) is 25.9 Å². The molecule has 0 bridgehead atoms. The number of hydrogen-bond acceptors (Lipinski definition) is 2. The zero-order valence-electron chi connectivity index (χ0n) is 11.6. The van der Waals surface area contributed by atoms with Crippen molar-refractivity contribution in [2.75, 3.05) is 6.61 Å². The molecule has 0 aromatic heterocycles. The summed E-state index contributed by atoms with van der Waals surface area (Å²) in [7, 11) is 0. The fourth-order valence-electron chi connectivity index (χ4n) is 2.05. The van der Waals surface area contributed by atoms with Crippen LogP contribution in [0.3, 0.4) is 0 Å². The van der Waals surface area contributed by atoms with Gasteiger partial charge in [-0.15, -0.1) is 0 Å². The fraction of sp³-hybridized carbons (Fsp3) is 0.294. The highest BCUT2D eigenvalue weighted by Crippen LogP contribution is 2.21. The molecule has 0 saturated heterocycles. The van der Waals surface area contributed by atoms with Crippen LogP contribution in [0.1, 0.15) is 30.6 Å². The van der Waals surface area contributed by atoms with E-state index in [0.717, 1.165) is 12.8 Å². The summed E-state index contributed by atoms with van der Waals surface area (Å²) in [6, 6.07) is 14.8.